The van der Waals surface area contributed by atoms with Gasteiger partial charge in [-0.2, -0.15) is 0 Å². The average Bonchev–Trinajstić information content (AvgIpc) is 3.24. The fourth-order valence-electron chi connectivity index (χ4n) is 4.70. The number of nitrogens with one attached hydrogen (secondary N) is 2. The zero-order chi connectivity index (χ0) is 26.4. The molecule has 7 heteroatoms. The Bertz CT molecular complexity index is 1520. The first kappa shape index (κ1) is 25.4. The maximum atomic E-state index is 14.0. The van der Waals surface area contributed by atoms with Crippen molar-refractivity contribution in [3.8, 4) is 11.1 Å². The van der Waals surface area contributed by atoms with E-state index in [1.54, 1.807) is 33.2 Å². The van der Waals surface area contributed by atoms with E-state index in [1.165, 1.54) is 16.7 Å². The molecular weight excluding hydrogens is 457 g/mol. The number of carbonyl (C=O) groups excluding carboxylic acids is 1. The number of halogens is 1. The number of pyridine rings is 1. The number of nitrogens with zero attached hydrogens (tertiary/aromatic N) is 1. The van der Waals surface area contributed by atoms with Gasteiger partial charge in [-0.3, -0.25) is 9.59 Å². The number of aromatic nitrogens is 2. The monoisotopic (exact) mass is 489 g/mol. The second-order valence-corrected chi connectivity index (χ2v) is 9.92. The normalized spacial score (nSPS) is 11.8. The van der Waals surface area contributed by atoms with Gasteiger partial charge in [0.15, 0.2) is 0 Å². The quantitative estimate of drug-likeness (QED) is 0.362. The van der Waals surface area contributed by atoms with E-state index in [-0.39, 0.29) is 17.3 Å². The van der Waals surface area contributed by atoms with Crippen molar-refractivity contribution in [3.63, 3.8) is 0 Å². The van der Waals surface area contributed by atoms with Crippen LogP contribution in [0.2, 0.25) is 0 Å². The lowest BCUT2D eigenvalue weighted by Crippen LogP contribution is -2.23. The third kappa shape index (κ3) is 4.71. The summed E-state index contributed by atoms with van der Waals surface area (Å²) in [5.74, 6) is -0.555. The molecule has 0 aliphatic heterocycles. The van der Waals surface area contributed by atoms with Gasteiger partial charge in [0.05, 0.1) is 5.60 Å². The van der Waals surface area contributed by atoms with Crippen molar-refractivity contribution in [2.24, 2.45) is 7.05 Å². The van der Waals surface area contributed by atoms with Gasteiger partial charge in [-0.05, 0) is 98.7 Å². The summed E-state index contributed by atoms with van der Waals surface area (Å²) in [6.07, 6.45) is 2.30. The van der Waals surface area contributed by atoms with Crippen molar-refractivity contribution in [1.29, 1.82) is 0 Å². The molecule has 6 nitrogen and oxygen atoms in total. The molecule has 1 amide bonds. The van der Waals surface area contributed by atoms with Crippen LogP contribution in [0.3, 0.4) is 0 Å². The van der Waals surface area contributed by atoms with Crippen LogP contribution < -0.4 is 10.9 Å². The summed E-state index contributed by atoms with van der Waals surface area (Å²) in [7, 11) is 1.67. The highest BCUT2D eigenvalue weighted by Crippen LogP contribution is 2.35. The average molecular weight is 490 g/mol. The molecule has 4 rings (SSSR count). The Morgan fingerprint density at radius 1 is 1.11 bits per heavy atom. The van der Waals surface area contributed by atoms with Crippen molar-refractivity contribution in [3.05, 3.63) is 92.3 Å². The molecule has 0 saturated carbocycles. The zero-order valence-electron chi connectivity index (χ0n) is 21.5. The number of hydrogen-bond acceptors (Lipinski definition) is 3. The van der Waals surface area contributed by atoms with Crippen LogP contribution in [0.15, 0.2) is 47.4 Å². The van der Waals surface area contributed by atoms with E-state index < -0.39 is 5.60 Å². The molecule has 0 atom stereocenters. The molecule has 0 fully saturated rings. The summed E-state index contributed by atoms with van der Waals surface area (Å²) in [6.45, 7) is 9.53. The number of carbonyl (C=O) groups is 1. The zero-order valence-corrected chi connectivity index (χ0v) is 21.5. The van der Waals surface area contributed by atoms with Gasteiger partial charge in [0.25, 0.3) is 11.5 Å². The molecule has 0 aliphatic carbocycles. The molecule has 4 aromatic rings. The van der Waals surface area contributed by atoms with Crippen molar-refractivity contribution in [1.82, 2.24) is 14.9 Å². The minimum Gasteiger partial charge on any atom is -0.386 e. The number of H-pyrrole nitrogens is 1. The topological polar surface area (TPSA) is 87.1 Å². The number of amides is 1. The van der Waals surface area contributed by atoms with E-state index in [0.29, 0.717) is 29.6 Å². The molecule has 36 heavy (non-hydrogen) atoms. The molecule has 2 aromatic carbocycles. The first-order chi connectivity index (χ1) is 16.9. The molecule has 0 aliphatic rings. The number of aliphatic hydroxyl groups is 1. The summed E-state index contributed by atoms with van der Waals surface area (Å²) in [5, 5.41) is 14.1. The fraction of sp³-hybridized carbons (Fsp3) is 0.310. The van der Waals surface area contributed by atoms with Crippen LogP contribution in [-0.4, -0.2) is 27.1 Å². The minimum absolute atomic E-state index is 0.241. The maximum absolute atomic E-state index is 14.0. The summed E-state index contributed by atoms with van der Waals surface area (Å²) < 4.78 is 15.4. The maximum Gasteiger partial charge on any atom is 0.274 e. The van der Waals surface area contributed by atoms with Gasteiger partial charge in [-0.15, -0.1) is 0 Å². The van der Waals surface area contributed by atoms with Crippen LogP contribution in [0.5, 0.6) is 0 Å². The Balaban J connectivity index is 2.00. The molecule has 0 saturated heterocycles. The first-order valence-electron chi connectivity index (χ1n) is 12.0. The van der Waals surface area contributed by atoms with E-state index in [4.69, 9.17) is 0 Å². The largest absolute Gasteiger partial charge is 0.386 e. The molecule has 0 unspecified atom stereocenters. The molecular formula is C29H32FN3O3. The van der Waals surface area contributed by atoms with Gasteiger partial charge in [0.2, 0.25) is 0 Å². The van der Waals surface area contributed by atoms with Crippen LogP contribution in [0, 0.1) is 19.7 Å². The van der Waals surface area contributed by atoms with E-state index >= 15 is 0 Å². The molecule has 2 heterocycles. The number of benzene rings is 2. The highest BCUT2D eigenvalue weighted by molar-refractivity contribution is 6.02. The van der Waals surface area contributed by atoms with Crippen LogP contribution in [0.4, 0.5) is 4.39 Å². The van der Waals surface area contributed by atoms with Gasteiger partial charge in [-0.1, -0.05) is 12.1 Å². The van der Waals surface area contributed by atoms with E-state index in [2.05, 4.69) is 10.3 Å². The Hall–Kier alpha value is -3.71. The number of hydrogen-bond donors (Lipinski definition) is 3. The number of aryl methyl sites for hydroxylation is 3. The van der Waals surface area contributed by atoms with Gasteiger partial charge < -0.3 is 20.0 Å². The lowest BCUT2D eigenvalue weighted by molar-refractivity contribution is 0.0786. The molecule has 188 valence electrons. The Morgan fingerprint density at radius 2 is 1.78 bits per heavy atom. The smallest absolute Gasteiger partial charge is 0.274 e. The van der Waals surface area contributed by atoms with Crippen molar-refractivity contribution in [2.45, 2.75) is 46.6 Å². The van der Waals surface area contributed by atoms with E-state index in [0.717, 1.165) is 38.9 Å². The Labute approximate surface area is 209 Å². The molecule has 3 N–H and O–H groups in total. The van der Waals surface area contributed by atoms with Gasteiger partial charge in [0, 0.05) is 30.7 Å². The summed E-state index contributed by atoms with van der Waals surface area (Å²) in [4.78, 5) is 28.5. The first-order valence-corrected chi connectivity index (χ1v) is 12.0. The van der Waals surface area contributed by atoms with Crippen LogP contribution >= 0.6 is 0 Å². The summed E-state index contributed by atoms with van der Waals surface area (Å²) >= 11 is 0. The van der Waals surface area contributed by atoms with Crippen LogP contribution in [0.1, 0.15) is 59.1 Å². The SMILES string of the molecule is CCNC(=O)c1cc2c(-c3cc(C(C)(C)O)ccc3Cc3c(C)cc(F)cc3C)cn(C)c(=O)c2[nH]1. The predicted molar refractivity (Wildman–Crippen MR) is 141 cm³/mol. The summed E-state index contributed by atoms with van der Waals surface area (Å²) in [6, 6.07) is 10.6. The van der Waals surface area contributed by atoms with Gasteiger partial charge in [-0.25, -0.2) is 4.39 Å². The van der Waals surface area contributed by atoms with Crippen LogP contribution in [-0.2, 0) is 19.1 Å². The highest BCUT2D eigenvalue weighted by atomic mass is 19.1. The standard InChI is InChI=1S/C29H32FN3O3/c1-7-31-27(34)25-14-23-24(15-33(6)28(35)26(23)32-25)22-13-19(29(4,5)36)9-8-18(22)12-21-16(2)10-20(30)11-17(21)3/h8-11,13-15,32,36H,7,12H2,1-6H3,(H,31,34). The highest BCUT2D eigenvalue weighted by Gasteiger charge is 2.22. The number of fused-ring (bicyclic) bond motifs is 1. The van der Waals surface area contributed by atoms with E-state index in [1.807, 2.05) is 39.0 Å². The van der Waals surface area contributed by atoms with E-state index in [9.17, 15) is 19.1 Å². The lowest BCUT2D eigenvalue weighted by atomic mass is 9.87. The second kappa shape index (κ2) is 9.39. The Kier molecular flexibility index (Phi) is 6.62. The van der Waals surface area contributed by atoms with Gasteiger partial charge >= 0.3 is 0 Å². The third-order valence-electron chi connectivity index (χ3n) is 6.68. The van der Waals surface area contributed by atoms with Gasteiger partial charge in [0.1, 0.15) is 17.0 Å². The molecule has 0 spiro atoms. The minimum atomic E-state index is -1.08. The fourth-order valence-corrected chi connectivity index (χ4v) is 4.70. The summed E-state index contributed by atoms with van der Waals surface area (Å²) in [5.41, 5.74) is 5.33. The molecule has 0 bridgehead atoms. The van der Waals surface area contributed by atoms with Crippen molar-refractivity contribution >= 4 is 16.8 Å². The number of aromatic amines is 1. The predicted octanol–water partition coefficient (Wildman–Crippen LogP) is 4.86. The molecule has 2 aromatic heterocycles. The van der Waals surface area contributed by atoms with Crippen molar-refractivity contribution < 1.29 is 14.3 Å². The Morgan fingerprint density at radius 3 is 2.39 bits per heavy atom. The van der Waals surface area contributed by atoms with Crippen molar-refractivity contribution in [2.75, 3.05) is 6.54 Å². The number of rotatable bonds is 6. The van der Waals surface area contributed by atoms with Crippen LogP contribution in [0.25, 0.3) is 22.0 Å². The lowest BCUT2D eigenvalue weighted by Gasteiger charge is -2.22. The second-order valence-electron chi connectivity index (χ2n) is 9.92. The molecule has 0 radical (unpaired) electrons. The third-order valence-corrected chi connectivity index (χ3v) is 6.68.